The number of hydrogen-bond donors (Lipinski definition) is 0. The van der Waals surface area contributed by atoms with Crippen LogP contribution in [-0.2, 0) is 5.75 Å². The van der Waals surface area contributed by atoms with E-state index in [1.165, 1.54) is 32.1 Å². The summed E-state index contributed by atoms with van der Waals surface area (Å²) in [7, 11) is 0. The molecule has 0 N–H and O–H groups in total. The Morgan fingerprint density at radius 1 is 0.963 bits per heavy atom. The number of thioether (sulfide) groups is 1. The highest BCUT2D eigenvalue weighted by Gasteiger charge is 2.24. The zero-order chi connectivity index (χ0) is 18.6. The molecular formula is C21H21Cl2N3S. The molecule has 0 radical (unpaired) electrons. The second-order valence-electron chi connectivity index (χ2n) is 6.87. The molecule has 0 atom stereocenters. The monoisotopic (exact) mass is 417 g/mol. The highest BCUT2D eigenvalue weighted by Crippen LogP contribution is 2.36. The average molecular weight is 418 g/mol. The standard InChI is InChI=1S/C21H21Cl2N3S/c22-17-12-11-16(19(23)13-17)14-27-21-25-24-20(15-7-3-1-4-8-15)26(21)18-9-5-2-6-10-18/h2,5-6,9-13,15H,1,3-4,7-8,14H2. The Hall–Kier alpha value is -1.49. The zero-order valence-corrected chi connectivity index (χ0v) is 17.3. The summed E-state index contributed by atoms with van der Waals surface area (Å²) in [6, 6.07) is 16.0. The Kier molecular flexibility index (Phi) is 6.06. The van der Waals surface area contributed by atoms with Crippen LogP contribution in [0, 0.1) is 0 Å². The molecule has 140 valence electrons. The maximum absolute atomic E-state index is 6.34. The Labute approximate surface area is 174 Å². The van der Waals surface area contributed by atoms with E-state index in [1.54, 1.807) is 17.8 Å². The fourth-order valence-corrected chi connectivity index (χ4v) is 5.12. The van der Waals surface area contributed by atoms with Crippen molar-refractivity contribution in [3.63, 3.8) is 0 Å². The number of nitrogens with zero attached hydrogens (tertiary/aromatic N) is 3. The SMILES string of the molecule is Clc1ccc(CSc2nnc(C3CCCCC3)n2-c2ccccc2)c(Cl)c1. The molecule has 3 aromatic rings. The van der Waals surface area contributed by atoms with Gasteiger partial charge in [0, 0.05) is 27.4 Å². The summed E-state index contributed by atoms with van der Waals surface area (Å²) in [5.41, 5.74) is 2.17. The second kappa shape index (κ2) is 8.68. The largest absolute Gasteiger partial charge is 0.274 e. The Bertz CT molecular complexity index is 905. The van der Waals surface area contributed by atoms with Crippen molar-refractivity contribution in [2.75, 3.05) is 0 Å². The molecule has 1 heterocycles. The van der Waals surface area contributed by atoms with Crippen molar-refractivity contribution in [1.29, 1.82) is 0 Å². The van der Waals surface area contributed by atoms with Gasteiger partial charge in [0.15, 0.2) is 5.16 Å². The lowest BCUT2D eigenvalue weighted by atomic mass is 9.88. The summed E-state index contributed by atoms with van der Waals surface area (Å²) in [4.78, 5) is 0. The van der Waals surface area contributed by atoms with Crippen LogP contribution in [0.2, 0.25) is 10.0 Å². The first-order valence-corrected chi connectivity index (χ1v) is 11.0. The molecule has 0 amide bonds. The average Bonchev–Trinajstić information content (AvgIpc) is 3.12. The first kappa shape index (κ1) is 18.9. The second-order valence-corrected chi connectivity index (χ2v) is 8.66. The molecule has 0 unspecified atom stereocenters. The summed E-state index contributed by atoms with van der Waals surface area (Å²) in [6.45, 7) is 0. The van der Waals surface area contributed by atoms with Gasteiger partial charge in [0.25, 0.3) is 0 Å². The molecule has 0 aliphatic heterocycles. The van der Waals surface area contributed by atoms with Gasteiger partial charge in [-0.1, -0.05) is 78.5 Å². The van der Waals surface area contributed by atoms with Crippen LogP contribution in [-0.4, -0.2) is 14.8 Å². The molecule has 1 aliphatic rings. The first-order chi connectivity index (χ1) is 13.2. The normalized spacial score (nSPS) is 15.2. The Morgan fingerprint density at radius 2 is 1.74 bits per heavy atom. The van der Waals surface area contributed by atoms with E-state index in [0.717, 1.165) is 28.0 Å². The molecule has 1 aromatic heterocycles. The lowest BCUT2D eigenvalue weighted by Gasteiger charge is -2.22. The summed E-state index contributed by atoms with van der Waals surface area (Å²) in [6.07, 6.45) is 6.26. The third-order valence-electron chi connectivity index (χ3n) is 5.01. The van der Waals surface area contributed by atoms with Gasteiger partial charge in [-0.15, -0.1) is 10.2 Å². The van der Waals surface area contributed by atoms with Gasteiger partial charge < -0.3 is 0 Å². The molecule has 0 saturated heterocycles. The van der Waals surface area contributed by atoms with E-state index in [0.29, 0.717) is 16.0 Å². The van der Waals surface area contributed by atoms with E-state index < -0.39 is 0 Å². The number of halogens is 2. The molecule has 6 heteroatoms. The minimum Gasteiger partial charge on any atom is -0.274 e. The van der Waals surface area contributed by atoms with Gasteiger partial charge in [-0.2, -0.15) is 0 Å². The lowest BCUT2D eigenvalue weighted by molar-refractivity contribution is 0.423. The number of rotatable bonds is 5. The van der Waals surface area contributed by atoms with Crippen molar-refractivity contribution in [2.45, 2.75) is 48.9 Å². The third kappa shape index (κ3) is 4.34. The molecule has 1 fully saturated rings. The van der Waals surface area contributed by atoms with E-state index in [9.17, 15) is 0 Å². The van der Waals surface area contributed by atoms with Crippen molar-refractivity contribution in [3.05, 3.63) is 70.0 Å². The molecule has 2 aromatic carbocycles. The number of para-hydroxylation sites is 1. The summed E-state index contributed by atoms with van der Waals surface area (Å²) in [5.74, 6) is 2.30. The van der Waals surface area contributed by atoms with Crippen LogP contribution >= 0.6 is 35.0 Å². The summed E-state index contributed by atoms with van der Waals surface area (Å²) in [5, 5.41) is 11.4. The molecule has 3 nitrogen and oxygen atoms in total. The predicted octanol–water partition coefficient (Wildman–Crippen LogP) is 6.91. The van der Waals surface area contributed by atoms with Crippen LogP contribution < -0.4 is 0 Å². The smallest absolute Gasteiger partial charge is 0.196 e. The van der Waals surface area contributed by atoms with E-state index >= 15 is 0 Å². The van der Waals surface area contributed by atoms with Gasteiger partial charge >= 0.3 is 0 Å². The maximum Gasteiger partial charge on any atom is 0.196 e. The number of benzene rings is 2. The van der Waals surface area contributed by atoms with Gasteiger partial charge in [-0.05, 0) is 42.7 Å². The van der Waals surface area contributed by atoms with Crippen LogP contribution in [0.25, 0.3) is 5.69 Å². The Morgan fingerprint density at radius 3 is 2.48 bits per heavy atom. The molecule has 1 saturated carbocycles. The summed E-state index contributed by atoms with van der Waals surface area (Å²) < 4.78 is 2.23. The van der Waals surface area contributed by atoms with Gasteiger partial charge in [0.2, 0.25) is 0 Å². The minimum atomic E-state index is 0.486. The van der Waals surface area contributed by atoms with Crippen molar-refractivity contribution in [3.8, 4) is 5.69 Å². The first-order valence-electron chi connectivity index (χ1n) is 9.30. The highest BCUT2D eigenvalue weighted by atomic mass is 35.5. The van der Waals surface area contributed by atoms with E-state index in [1.807, 2.05) is 18.2 Å². The topological polar surface area (TPSA) is 30.7 Å². The zero-order valence-electron chi connectivity index (χ0n) is 14.9. The number of aromatic nitrogens is 3. The number of hydrogen-bond acceptors (Lipinski definition) is 3. The van der Waals surface area contributed by atoms with Gasteiger partial charge in [0.05, 0.1) is 0 Å². The minimum absolute atomic E-state index is 0.486. The molecule has 0 spiro atoms. The van der Waals surface area contributed by atoms with Gasteiger partial charge in [-0.3, -0.25) is 4.57 Å². The van der Waals surface area contributed by atoms with Crippen molar-refractivity contribution < 1.29 is 0 Å². The van der Waals surface area contributed by atoms with E-state index in [4.69, 9.17) is 23.2 Å². The van der Waals surface area contributed by atoms with Gasteiger partial charge in [-0.25, -0.2) is 0 Å². The maximum atomic E-state index is 6.34. The van der Waals surface area contributed by atoms with Gasteiger partial charge in [0.1, 0.15) is 5.82 Å². The van der Waals surface area contributed by atoms with Crippen molar-refractivity contribution in [2.24, 2.45) is 0 Å². The third-order valence-corrected chi connectivity index (χ3v) is 6.58. The van der Waals surface area contributed by atoms with E-state index in [-0.39, 0.29) is 0 Å². The molecule has 1 aliphatic carbocycles. The molecule has 4 rings (SSSR count). The van der Waals surface area contributed by atoms with E-state index in [2.05, 4.69) is 39.0 Å². The molecule has 0 bridgehead atoms. The lowest BCUT2D eigenvalue weighted by Crippen LogP contribution is -2.11. The fourth-order valence-electron chi connectivity index (χ4n) is 3.60. The molecule has 27 heavy (non-hydrogen) atoms. The van der Waals surface area contributed by atoms with Crippen LogP contribution in [0.5, 0.6) is 0 Å². The van der Waals surface area contributed by atoms with Crippen LogP contribution in [0.3, 0.4) is 0 Å². The summed E-state index contributed by atoms with van der Waals surface area (Å²) >= 11 is 14.0. The van der Waals surface area contributed by atoms with Crippen LogP contribution in [0.15, 0.2) is 53.7 Å². The quantitative estimate of drug-likeness (QED) is 0.422. The van der Waals surface area contributed by atoms with Crippen LogP contribution in [0.4, 0.5) is 0 Å². The predicted molar refractivity (Wildman–Crippen MR) is 113 cm³/mol. The molecular weight excluding hydrogens is 397 g/mol. The van der Waals surface area contributed by atoms with Crippen molar-refractivity contribution >= 4 is 35.0 Å². The Balaban J connectivity index is 1.64. The fraction of sp³-hybridized carbons (Fsp3) is 0.333. The van der Waals surface area contributed by atoms with Crippen LogP contribution in [0.1, 0.15) is 49.4 Å². The van der Waals surface area contributed by atoms with Crippen molar-refractivity contribution in [1.82, 2.24) is 14.8 Å². The highest BCUT2D eigenvalue weighted by molar-refractivity contribution is 7.98.